The molecule has 1 fully saturated rings. The zero-order chi connectivity index (χ0) is 14.3. The first kappa shape index (κ1) is 15.5. The number of hydrogen-bond acceptors (Lipinski definition) is 3. The van der Waals surface area contributed by atoms with Crippen molar-refractivity contribution >= 4 is 0 Å². The lowest BCUT2D eigenvalue weighted by molar-refractivity contribution is 0.0249. The van der Waals surface area contributed by atoms with E-state index in [0.717, 1.165) is 25.2 Å². The summed E-state index contributed by atoms with van der Waals surface area (Å²) in [6.45, 7) is 3.54. The largest absolute Gasteiger partial charge is 0.384 e. The van der Waals surface area contributed by atoms with Gasteiger partial charge in [0, 0.05) is 13.1 Å². The van der Waals surface area contributed by atoms with Gasteiger partial charge in [-0.15, -0.1) is 0 Å². The van der Waals surface area contributed by atoms with Crippen molar-refractivity contribution < 1.29 is 5.11 Å². The maximum atomic E-state index is 10.8. The van der Waals surface area contributed by atoms with Gasteiger partial charge in [0.25, 0.3) is 0 Å². The summed E-state index contributed by atoms with van der Waals surface area (Å²) in [6.07, 6.45) is 7.35. The molecule has 20 heavy (non-hydrogen) atoms. The zero-order valence-electron chi connectivity index (χ0n) is 12.4. The molecule has 3 N–H and O–H groups in total. The van der Waals surface area contributed by atoms with Gasteiger partial charge < -0.3 is 15.7 Å². The van der Waals surface area contributed by atoms with Gasteiger partial charge in [0.1, 0.15) is 5.60 Å². The average Bonchev–Trinajstić information content (AvgIpc) is 2.47. The number of rotatable bonds is 5. The van der Waals surface area contributed by atoms with Gasteiger partial charge >= 0.3 is 0 Å². The first-order valence-electron chi connectivity index (χ1n) is 7.95. The van der Waals surface area contributed by atoms with Gasteiger partial charge in [-0.1, -0.05) is 49.6 Å². The van der Waals surface area contributed by atoms with Crippen LogP contribution in [-0.2, 0) is 5.60 Å². The first-order chi connectivity index (χ1) is 9.74. The molecule has 3 heteroatoms. The second-order valence-electron chi connectivity index (χ2n) is 5.96. The molecule has 0 saturated carbocycles. The second-order valence-corrected chi connectivity index (χ2v) is 5.96. The number of benzene rings is 1. The van der Waals surface area contributed by atoms with Crippen molar-refractivity contribution in [3.8, 4) is 0 Å². The van der Waals surface area contributed by atoms with Crippen LogP contribution >= 0.6 is 0 Å². The highest BCUT2D eigenvalue weighted by Gasteiger charge is 2.27. The number of hydrogen-bond donors (Lipinski definition) is 2. The molecular weight excluding hydrogens is 248 g/mol. The van der Waals surface area contributed by atoms with Gasteiger partial charge in [-0.2, -0.15) is 0 Å². The Balaban J connectivity index is 1.92. The third-order valence-electron chi connectivity index (χ3n) is 4.44. The summed E-state index contributed by atoms with van der Waals surface area (Å²) in [6, 6.07) is 9.84. The van der Waals surface area contributed by atoms with E-state index in [-0.39, 0.29) is 6.54 Å². The molecule has 0 radical (unpaired) electrons. The van der Waals surface area contributed by atoms with Crippen LogP contribution in [0.2, 0.25) is 0 Å². The molecule has 1 heterocycles. The monoisotopic (exact) mass is 276 g/mol. The smallest absolute Gasteiger partial charge is 0.103 e. The molecule has 0 aliphatic carbocycles. The lowest BCUT2D eigenvalue weighted by atomic mass is 9.90. The normalized spacial score (nSPS) is 20.9. The Hall–Kier alpha value is -0.900. The van der Waals surface area contributed by atoms with Gasteiger partial charge in [0.15, 0.2) is 0 Å². The summed E-state index contributed by atoms with van der Waals surface area (Å²) >= 11 is 0. The Morgan fingerprint density at radius 2 is 1.60 bits per heavy atom. The molecule has 0 aromatic heterocycles. The minimum atomic E-state index is -0.885. The average molecular weight is 276 g/mol. The minimum Gasteiger partial charge on any atom is -0.384 e. The molecule has 2 rings (SSSR count). The Morgan fingerprint density at radius 1 is 1.00 bits per heavy atom. The molecule has 0 bridgehead atoms. The van der Waals surface area contributed by atoms with Crippen LogP contribution in [-0.4, -0.2) is 36.2 Å². The highest BCUT2D eigenvalue weighted by Crippen LogP contribution is 2.24. The molecule has 1 aromatic carbocycles. The van der Waals surface area contributed by atoms with Crippen LogP contribution in [0.4, 0.5) is 0 Å². The van der Waals surface area contributed by atoms with Gasteiger partial charge in [-0.25, -0.2) is 0 Å². The Labute approximate surface area is 122 Å². The fourth-order valence-electron chi connectivity index (χ4n) is 2.99. The van der Waals surface area contributed by atoms with E-state index in [0.29, 0.717) is 6.42 Å². The Kier molecular flexibility index (Phi) is 6.02. The summed E-state index contributed by atoms with van der Waals surface area (Å²) in [4.78, 5) is 2.49. The Morgan fingerprint density at radius 3 is 2.20 bits per heavy atom. The van der Waals surface area contributed by atoms with E-state index in [9.17, 15) is 5.11 Å². The van der Waals surface area contributed by atoms with Gasteiger partial charge in [-0.05, 0) is 37.9 Å². The highest BCUT2D eigenvalue weighted by molar-refractivity contribution is 5.22. The summed E-state index contributed by atoms with van der Waals surface area (Å²) in [5.41, 5.74) is 5.90. The zero-order valence-corrected chi connectivity index (χ0v) is 12.4. The van der Waals surface area contributed by atoms with Crippen LogP contribution < -0.4 is 5.73 Å². The molecule has 1 aliphatic heterocycles. The van der Waals surface area contributed by atoms with Gasteiger partial charge in [-0.3, -0.25) is 0 Å². The van der Waals surface area contributed by atoms with Crippen molar-refractivity contribution in [3.05, 3.63) is 35.9 Å². The van der Waals surface area contributed by atoms with Crippen LogP contribution in [0.5, 0.6) is 0 Å². The topological polar surface area (TPSA) is 49.5 Å². The summed E-state index contributed by atoms with van der Waals surface area (Å²) in [7, 11) is 0. The molecule has 1 unspecified atom stereocenters. The fourth-order valence-corrected chi connectivity index (χ4v) is 2.99. The van der Waals surface area contributed by atoms with Gasteiger partial charge in [0.2, 0.25) is 0 Å². The fraction of sp³-hybridized carbons (Fsp3) is 0.647. The van der Waals surface area contributed by atoms with Crippen LogP contribution in [0.25, 0.3) is 0 Å². The minimum absolute atomic E-state index is 0.283. The second kappa shape index (κ2) is 7.77. The van der Waals surface area contributed by atoms with Crippen molar-refractivity contribution in [1.82, 2.24) is 4.90 Å². The van der Waals surface area contributed by atoms with Gasteiger partial charge in [0.05, 0.1) is 0 Å². The summed E-state index contributed by atoms with van der Waals surface area (Å²) in [5, 5.41) is 10.8. The van der Waals surface area contributed by atoms with Crippen molar-refractivity contribution in [3.63, 3.8) is 0 Å². The van der Waals surface area contributed by atoms with E-state index in [2.05, 4.69) is 4.90 Å². The molecular formula is C17H28N2O. The summed E-state index contributed by atoms with van der Waals surface area (Å²) in [5.74, 6) is 0. The summed E-state index contributed by atoms with van der Waals surface area (Å²) < 4.78 is 0. The highest BCUT2D eigenvalue weighted by atomic mass is 16.3. The maximum Gasteiger partial charge on any atom is 0.103 e. The van der Waals surface area contributed by atoms with E-state index in [1.165, 1.54) is 32.1 Å². The number of likely N-dealkylation sites (tertiary alicyclic amines) is 1. The standard InChI is InChI=1S/C17H28N2O/c18-15-17(20,16-9-5-4-6-10-16)11-14-19-12-7-2-1-3-8-13-19/h4-6,9-10,20H,1-3,7-8,11-15,18H2. The Bertz CT molecular complexity index is 374. The van der Waals surface area contributed by atoms with E-state index in [1.54, 1.807) is 0 Å². The molecule has 1 aromatic rings. The van der Waals surface area contributed by atoms with Crippen LogP contribution in [0.15, 0.2) is 30.3 Å². The van der Waals surface area contributed by atoms with Crippen LogP contribution in [0.3, 0.4) is 0 Å². The molecule has 3 nitrogen and oxygen atoms in total. The SMILES string of the molecule is NCC(O)(CCN1CCCCCCC1)c1ccccc1. The predicted octanol–water partition coefficient (Wildman–Crippen LogP) is 2.49. The molecule has 1 atom stereocenters. The van der Waals surface area contributed by atoms with Crippen molar-refractivity contribution in [2.24, 2.45) is 5.73 Å². The van der Waals surface area contributed by atoms with Crippen LogP contribution in [0, 0.1) is 0 Å². The van der Waals surface area contributed by atoms with E-state index >= 15 is 0 Å². The molecule has 1 aliphatic rings. The molecule has 112 valence electrons. The van der Waals surface area contributed by atoms with E-state index in [1.807, 2.05) is 30.3 Å². The lowest BCUT2D eigenvalue weighted by Gasteiger charge is -2.31. The van der Waals surface area contributed by atoms with Crippen molar-refractivity contribution in [2.45, 2.75) is 44.1 Å². The third-order valence-corrected chi connectivity index (χ3v) is 4.44. The van der Waals surface area contributed by atoms with E-state index in [4.69, 9.17) is 5.73 Å². The number of nitrogens with zero attached hydrogens (tertiary/aromatic N) is 1. The lowest BCUT2D eigenvalue weighted by Crippen LogP contribution is -2.39. The van der Waals surface area contributed by atoms with Crippen LogP contribution in [0.1, 0.15) is 44.1 Å². The number of nitrogens with two attached hydrogens (primary N) is 1. The molecule has 1 saturated heterocycles. The van der Waals surface area contributed by atoms with Crippen molar-refractivity contribution in [2.75, 3.05) is 26.2 Å². The third kappa shape index (κ3) is 4.30. The van der Waals surface area contributed by atoms with E-state index < -0.39 is 5.60 Å². The maximum absolute atomic E-state index is 10.8. The molecule has 0 spiro atoms. The van der Waals surface area contributed by atoms with Crippen molar-refractivity contribution in [1.29, 1.82) is 0 Å². The number of aliphatic hydroxyl groups is 1. The molecule has 0 amide bonds. The quantitative estimate of drug-likeness (QED) is 0.868. The predicted molar refractivity (Wildman–Crippen MR) is 83.5 cm³/mol. The first-order valence-corrected chi connectivity index (χ1v) is 7.95.